The van der Waals surface area contributed by atoms with Crippen molar-refractivity contribution in [1.29, 1.82) is 0 Å². The molecule has 5 nitrogen and oxygen atoms in total. The van der Waals surface area contributed by atoms with E-state index in [9.17, 15) is 9.59 Å². The molecule has 2 aromatic carbocycles. The second-order valence-corrected chi connectivity index (χ2v) is 7.66. The van der Waals surface area contributed by atoms with Gasteiger partial charge in [-0.3, -0.25) is 14.5 Å². The van der Waals surface area contributed by atoms with Crippen LogP contribution in [0.3, 0.4) is 0 Å². The van der Waals surface area contributed by atoms with E-state index in [2.05, 4.69) is 41.0 Å². The van der Waals surface area contributed by atoms with Crippen molar-refractivity contribution in [3.8, 4) is 0 Å². The highest BCUT2D eigenvalue weighted by Crippen LogP contribution is 2.32. The Bertz CT molecular complexity index is 944. The Hall–Kier alpha value is -3.08. The van der Waals surface area contributed by atoms with E-state index in [1.165, 1.54) is 16.2 Å². The van der Waals surface area contributed by atoms with Gasteiger partial charge in [0.05, 0.1) is 5.57 Å². The number of hydrogen-bond donors (Lipinski definition) is 0. The highest BCUT2D eigenvalue weighted by atomic mass is 16.2. The van der Waals surface area contributed by atoms with Crippen molar-refractivity contribution >= 4 is 23.1 Å². The van der Waals surface area contributed by atoms with Crippen LogP contribution in [-0.2, 0) is 9.59 Å². The zero-order chi connectivity index (χ0) is 20.4. The molecule has 4 rings (SSSR count). The number of aryl methyl sites for hydroxylation is 1. The minimum Gasteiger partial charge on any atom is -0.368 e. The van der Waals surface area contributed by atoms with Crippen molar-refractivity contribution in [3.63, 3.8) is 0 Å². The Morgan fingerprint density at radius 3 is 2.17 bits per heavy atom. The lowest BCUT2D eigenvalue weighted by atomic mass is 10.0. The van der Waals surface area contributed by atoms with E-state index >= 15 is 0 Å². The molecule has 2 aromatic rings. The third kappa shape index (κ3) is 3.65. The van der Waals surface area contributed by atoms with Gasteiger partial charge >= 0.3 is 0 Å². The van der Waals surface area contributed by atoms with E-state index < -0.39 is 0 Å². The Balaban J connectivity index is 1.62. The highest BCUT2D eigenvalue weighted by Gasteiger charge is 2.41. The van der Waals surface area contributed by atoms with E-state index in [1.807, 2.05) is 37.3 Å². The van der Waals surface area contributed by atoms with Crippen LogP contribution in [0, 0.1) is 6.92 Å². The van der Waals surface area contributed by atoms with Gasteiger partial charge in [0.1, 0.15) is 5.70 Å². The number of nitrogens with zero attached hydrogens (tertiary/aromatic N) is 3. The lowest BCUT2D eigenvalue weighted by Gasteiger charge is -2.37. The number of rotatable bonds is 5. The summed E-state index contributed by atoms with van der Waals surface area (Å²) >= 11 is 0. The molecule has 1 fully saturated rings. The summed E-state index contributed by atoms with van der Waals surface area (Å²) in [4.78, 5) is 32.1. The first kappa shape index (κ1) is 19.2. The van der Waals surface area contributed by atoms with E-state index in [0.717, 1.165) is 38.2 Å². The van der Waals surface area contributed by atoms with Crippen LogP contribution in [0.25, 0.3) is 5.57 Å². The molecule has 2 aliphatic heterocycles. The number of imide groups is 1. The molecule has 2 heterocycles. The lowest BCUT2D eigenvalue weighted by Crippen LogP contribution is -2.47. The van der Waals surface area contributed by atoms with Gasteiger partial charge in [0.2, 0.25) is 0 Å². The van der Waals surface area contributed by atoms with Gasteiger partial charge in [-0.2, -0.15) is 0 Å². The molecule has 29 heavy (non-hydrogen) atoms. The first-order chi connectivity index (χ1) is 14.1. The van der Waals surface area contributed by atoms with E-state index in [1.54, 1.807) is 0 Å². The molecule has 0 atom stereocenters. The molecule has 0 aromatic heterocycles. The Labute approximate surface area is 172 Å². The van der Waals surface area contributed by atoms with Gasteiger partial charge in [-0.15, -0.1) is 0 Å². The van der Waals surface area contributed by atoms with Crippen LogP contribution in [0.15, 0.2) is 60.3 Å². The summed E-state index contributed by atoms with van der Waals surface area (Å²) in [6.45, 7) is 7.63. The van der Waals surface area contributed by atoms with Crippen LogP contribution < -0.4 is 4.90 Å². The van der Waals surface area contributed by atoms with Crippen LogP contribution in [0.1, 0.15) is 24.5 Å². The summed E-state index contributed by atoms with van der Waals surface area (Å²) < 4.78 is 0. The van der Waals surface area contributed by atoms with Crippen LogP contribution in [0.4, 0.5) is 5.69 Å². The minimum atomic E-state index is -0.167. The predicted octanol–water partition coefficient (Wildman–Crippen LogP) is 3.31. The highest BCUT2D eigenvalue weighted by molar-refractivity contribution is 6.35. The molecule has 2 aliphatic rings. The van der Waals surface area contributed by atoms with Gasteiger partial charge in [-0.1, -0.05) is 49.4 Å². The van der Waals surface area contributed by atoms with E-state index in [-0.39, 0.29) is 11.8 Å². The van der Waals surface area contributed by atoms with Gasteiger partial charge in [0, 0.05) is 38.4 Å². The van der Waals surface area contributed by atoms with Crippen molar-refractivity contribution in [2.24, 2.45) is 0 Å². The number of amides is 2. The number of carbonyl (C=O) groups excluding carboxylic acids is 2. The van der Waals surface area contributed by atoms with E-state index in [4.69, 9.17) is 0 Å². The molecule has 0 spiro atoms. The van der Waals surface area contributed by atoms with Gasteiger partial charge in [-0.05, 0) is 36.6 Å². The predicted molar refractivity (Wildman–Crippen MR) is 115 cm³/mol. The molecule has 0 saturated carbocycles. The van der Waals surface area contributed by atoms with Crippen molar-refractivity contribution in [2.45, 2.75) is 20.3 Å². The van der Waals surface area contributed by atoms with Crippen molar-refractivity contribution < 1.29 is 9.59 Å². The van der Waals surface area contributed by atoms with Crippen molar-refractivity contribution in [1.82, 2.24) is 9.80 Å². The molecule has 0 bridgehead atoms. The van der Waals surface area contributed by atoms with Crippen molar-refractivity contribution in [3.05, 3.63) is 71.4 Å². The first-order valence-electron chi connectivity index (χ1n) is 10.3. The molecule has 0 radical (unpaired) electrons. The zero-order valence-corrected chi connectivity index (χ0v) is 17.1. The fourth-order valence-corrected chi connectivity index (χ4v) is 4.16. The Morgan fingerprint density at radius 2 is 1.52 bits per heavy atom. The molecule has 5 heteroatoms. The van der Waals surface area contributed by atoms with Crippen molar-refractivity contribution in [2.75, 3.05) is 37.6 Å². The Kier molecular flexibility index (Phi) is 5.38. The molecular weight excluding hydrogens is 362 g/mol. The summed E-state index contributed by atoms with van der Waals surface area (Å²) in [6, 6.07) is 18.1. The summed E-state index contributed by atoms with van der Waals surface area (Å²) in [7, 11) is 0. The third-order valence-corrected chi connectivity index (χ3v) is 5.62. The summed E-state index contributed by atoms with van der Waals surface area (Å²) in [6.07, 6.45) is 0.758. The average molecular weight is 389 g/mol. The number of piperazine rings is 1. The molecule has 150 valence electrons. The minimum absolute atomic E-state index is 0.153. The number of benzene rings is 2. The summed E-state index contributed by atoms with van der Waals surface area (Å²) in [5.41, 5.74) is 4.39. The number of anilines is 1. The SMILES string of the molecule is CCCN1C(=O)C(c2ccccc2)=C(N2CCN(c3cccc(C)c3)CC2)C1=O. The van der Waals surface area contributed by atoms with Gasteiger partial charge < -0.3 is 9.80 Å². The molecule has 0 unspecified atom stereocenters. The second-order valence-electron chi connectivity index (χ2n) is 7.66. The average Bonchev–Trinajstić information content (AvgIpc) is 2.99. The van der Waals surface area contributed by atoms with E-state index in [0.29, 0.717) is 17.8 Å². The monoisotopic (exact) mass is 389 g/mol. The number of carbonyl (C=O) groups is 2. The fourth-order valence-electron chi connectivity index (χ4n) is 4.16. The van der Waals surface area contributed by atoms with Gasteiger partial charge in [0.25, 0.3) is 11.8 Å². The molecular formula is C24H27N3O2. The quantitative estimate of drug-likeness (QED) is 0.736. The van der Waals surface area contributed by atoms with Gasteiger partial charge in [-0.25, -0.2) is 0 Å². The van der Waals surface area contributed by atoms with Crippen LogP contribution in [-0.4, -0.2) is 54.3 Å². The smallest absolute Gasteiger partial charge is 0.277 e. The largest absolute Gasteiger partial charge is 0.368 e. The van der Waals surface area contributed by atoms with Gasteiger partial charge in [0.15, 0.2) is 0 Å². The van der Waals surface area contributed by atoms with Crippen LogP contribution in [0.5, 0.6) is 0 Å². The molecule has 1 saturated heterocycles. The maximum Gasteiger partial charge on any atom is 0.277 e. The third-order valence-electron chi connectivity index (χ3n) is 5.62. The normalized spacial score (nSPS) is 17.5. The van der Waals surface area contributed by atoms with Crippen LogP contribution in [0.2, 0.25) is 0 Å². The topological polar surface area (TPSA) is 43.9 Å². The lowest BCUT2D eigenvalue weighted by molar-refractivity contribution is -0.137. The molecule has 0 aliphatic carbocycles. The standard InChI is InChI=1S/C24H27N3O2/c1-3-12-27-23(28)21(19-9-5-4-6-10-19)22(24(27)29)26-15-13-25(14-16-26)20-11-7-8-18(2)17-20/h4-11,17H,3,12-16H2,1-2H3. The number of hydrogen-bond acceptors (Lipinski definition) is 4. The fraction of sp³-hybridized carbons (Fsp3) is 0.333. The van der Waals surface area contributed by atoms with Crippen LogP contribution >= 0.6 is 0 Å². The maximum absolute atomic E-state index is 13.2. The second kappa shape index (κ2) is 8.11. The maximum atomic E-state index is 13.2. The Morgan fingerprint density at radius 1 is 0.828 bits per heavy atom. The summed E-state index contributed by atoms with van der Waals surface area (Å²) in [5.74, 6) is -0.320. The molecule has 2 amide bonds. The molecule has 0 N–H and O–H groups in total. The first-order valence-corrected chi connectivity index (χ1v) is 10.3. The summed E-state index contributed by atoms with van der Waals surface area (Å²) in [5, 5.41) is 0. The zero-order valence-electron chi connectivity index (χ0n) is 17.1.